The molecule has 0 heterocycles. The Labute approximate surface area is 216 Å². The number of methoxy groups -OCH3 is 1. The molecule has 0 N–H and O–H groups in total. The van der Waals surface area contributed by atoms with Crippen LogP contribution in [0.2, 0.25) is 0 Å². The van der Waals surface area contributed by atoms with Crippen LogP contribution in [0.5, 0.6) is 0 Å². The number of carbonyl (C=O) groups excluding carboxylic acids is 2. The second-order valence-electron chi connectivity index (χ2n) is 12.3. The van der Waals surface area contributed by atoms with Crippen LogP contribution < -0.4 is 0 Å². The number of benzene rings is 1. The van der Waals surface area contributed by atoms with Gasteiger partial charge in [-0.2, -0.15) is 0 Å². The van der Waals surface area contributed by atoms with Gasteiger partial charge >= 0.3 is 11.9 Å². The molecule has 0 bridgehead atoms. The highest BCUT2D eigenvalue weighted by Crippen LogP contribution is 2.67. The predicted molar refractivity (Wildman–Crippen MR) is 139 cm³/mol. The topological polar surface area (TPSA) is 61.8 Å². The number of carbonyl (C=O) groups is 2. The molecule has 1 aromatic rings. The summed E-state index contributed by atoms with van der Waals surface area (Å²) in [5, 5.41) is 0. The molecule has 5 heteroatoms. The fraction of sp³-hybridized carbons (Fsp3) is 0.677. The van der Waals surface area contributed by atoms with Gasteiger partial charge < -0.3 is 14.2 Å². The summed E-state index contributed by atoms with van der Waals surface area (Å²) in [6, 6.07) is 10.4. The summed E-state index contributed by atoms with van der Waals surface area (Å²) in [5.41, 5.74) is 2.58. The van der Waals surface area contributed by atoms with E-state index in [9.17, 15) is 9.59 Å². The number of hydrogen-bond acceptors (Lipinski definition) is 5. The van der Waals surface area contributed by atoms with Gasteiger partial charge in [-0.15, -0.1) is 0 Å². The van der Waals surface area contributed by atoms with Crippen molar-refractivity contribution < 1.29 is 23.8 Å². The van der Waals surface area contributed by atoms with E-state index >= 15 is 0 Å². The van der Waals surface area contributed by atoms with Gasteiger partial charge in [0.05, 0.1) is 6.10 Å². The third-order valence-electron chi connectivity index (χ3n) is 10.5. The molecule has 5 nitrogen and oxygen atoms in total. The minimum Gasteiger partial charge on any atom is -0.460 e. The van der Waals surface area contributed by atoms with Gasteiger partial charge in [-0.3, -0.25) is 9.59 Å². The highest BCUT2D eigenvalue weighted by molar-refractivity contribution is 5.68. The third-order valence-corrected chi connectivity index (χ3v) is 10.5. The fourth-order valence-electron chi connectivity index (χ4n) is 9.04. The van der Waals surface area contributed by atoms with E-state index in [-0.39, 0.29) is 41.1 Å². The van der Waals surface area contributed by atoms with E-state index in [1.54, 1.807) is 14.0 Å². The summed E-state index contributed by atoms with van der Waals surface area (Å²) in [7, 11) is 1.78. The highest BCUT2D eigenvalue weighted by atomic mass is 16.6. The molecule has 4 saturated carbocycles. The van der Waals surface area contributed by atoms with Crippen molar-refractivity contribution in [2.45, 2.75) is 91.0 Å². The lowest BCUT2D eigenvalue weighted by Gasteiger charge is -2.62. The van der Waals surface area contributed by atoms with Crippen molar-refractivity contribution in [1.82, 2.24) is 0 Å². The molecular formula is C31H42O5. The predicted octanol–water partition coefficient (Wildman–Crippen LogP) is 6.21. The molecule has 0 radical (unpaired) electrons. The molecule has 4 fully saturated rings. The first kappa shape index (κ1) is 25.5. The zero-order valence-electron chi connectivity index (χ0n) is 22.5. The summed E-state index contributed by atoms with van der Waals surface area (Å²) in [5.74, 6) is 1.71. The Hall–Kier alpha value is -2.14. The lowest BCUT2D eigenvalue weighted by molar-refractivity contribution is -0.199. The highest BCUT2D eigenvalue weighted by Gasteiger charge is 2.63. The van der Waals surface area contributed by atoms with E-state index in [1.165, 1.54) is 18.1 Å². The van der Waals surface area contributed by atoms with Gasteiger partial charge in [-0.1, -0.05) is 50.3 Å². The largest absolute Gasteiger partial charge is 0.460 e. The van der Waals surface area contributed by atoms with E-state index in [0.29, 0.717) is 23.7 Å². The standard InChI is InChI=1S/C31H42O5/c1-19(32)35-27-14-16-30(3)24-13-15-31(4)26(23(24)11-12-25(30)28(27)34-5)18-22(29(31)36-20(2)33)17-21-9-7-6-8-10-21/h6-10,17,23-29H,11-16,18H2,1-5H3/t23-,24+,25+,26+,27-,28-,29?,30-,31+/m0/s1. The lowest BCUT2D eigenvalue weighted by Crippen LogP contribution is -2.59. The summed E-state index contributed by atoms with van der Waals surface area (Å²) in [6.45, 7) is 7.89. The molecule has 1 unspecified atom stereocenters. The van der Waals surface area contributed by atoms with Crippen molar-refractivity contribution in [1.29, 1.82) is 0 Å². The monoisotopic (exact) mass is 494 g/mol. The van der Waals surface area contributed by atoms with Crippen LogP contribution in [0, 0.1) is 34.5 Å². The average Bonchev–Trinajstić information content (AvgIpc) is 3.10. The van der Waals surface area contributed by atoms with Crippen molar-refractivity contribution >= 4 is 18.0 Å². The van der Waals surface area contributed by atoms with Crippen molar-refractivity contribution in [3.05, 3.63) is 41.5 Å². The second kappa shape index (κ2) is 9.63. The SMILES string of the molecule is CO[C@@H]1[C@@H](OC(C)=O)CC[C@@]2(C)[C@@H]3CC[C@@]4(C)C(OC(C)=O)C(=Cc5ccccc5)C[C@@H]4[C@H]3CC[C@H]12. The first-order valence-corrected chi connectivity index (χ1v) is 13.8. The first-order valence-electron chi connectivity index (χ1n) is 13.8. The Balaban J connectivity index is 1.45. The van der Waals surface area contributed by atoms with Crippen LogP contribution in [-0.2, 0) is 23.8 Å². The molecule has 0 aromatic heterocycles. The van der Waals surface area contributed by atoms with E-state index < -0.39 is 0 Å². The summed E-state index contributed by atoms with van der Waals surface area (Å²) >= 11 is 0. The molecule has 196 valence electrons. The molecule has 5 rings (SSSR count). The molecule has 0 aliphatic heterocycles. The van der Waals surface area contributed by atoms with Crippen LogP contribution in [0.1, 0.15) is 78.2 Å². The maximum absolute atomic E-state index is 12.2. The lowest BCUT2D eigenvalue weighted by atomic mass is 9.44. The van der Waals surface area contributed by atoms with Gasteiger partial charge in [0.1, 0.15) is 12.2 Å². The minimum absolute atomic E-state index is 0.0344. The molecular weight excluding hydrogens is 452 g/mol. The maximum atomic E-state index is 12.2. The van der Waals surface area contributed by atoms with Crippen molar-refractivity contribution in [2.75, 3.05) is 7.11 Å². The van der Waals surface area contributed by atoms with Crippen LogP contribution in [0.4, 0.5) is 0 Å². The zero-order valence-corrected chi connectivity index (χ0v) is 22.5. The Kier molecular flexibility index (Phi) is 6.82. The number of hydrogen-bond donors (Lipinski definition) is 0. The molecule has 1 aromatic carbocycles. The Morgan fingerprint density at radius 1 is 0.861 bits per heavy atom. The Bertz CT molecular complexity index is 1020. The Morgan fingerprint density at radius 2 is 1.56 bits per heavy atom. The Morgan fingerprint density at radius 3 is 2.22 bits per heavy atom. The maximum Gasteiger partial charge on any atom is 0.303 e. The van der Waals surface area contributed by atoms with Gasteiger partial charge in [-0.25, -0.2) is 0 Å². The van der Waals surface area contributed by atoms with E-state index in [2.05, 4.69) is 44.2 Å². The number of ether oxygens (including phenoxy) is 3. The zero-order chi connectivity index (χ0) is 25.7. The summed E-state index contributed by atoms with van der Waals surface area (Å²) in [6.07, 6.45) is 9.33. The molecule has 36 heavy (non-hydrogen) atoms. The number of rotatable bonds is 4. The van der Waals surface area contributed by atoms with Crippen LogP contribution in [0.3, 0.4) is 0 Å². The van der Waals surface area contributed by atoms with Crippen molar-refractivity contribution in [3.8, 4) is 0 Å². The van der Waals surface area contributed by atoms with Gasteiger partial charge in [0.2, 0.25) is 0 Å². The van der Waals surface area contributed by atoms with Gasteiger partial charge in [0.15, 0.2) is 0 Å². The van der Waals surface area contributed by atoms with E-state index in [4.69, 9.17) is 14.2 Å². The van der Waals surface area contributed by atoms with Crippen LogP contribution >= 0.6 is 0 Å². The quantitative estimate of drug-likeness (QED) is 0.466. The van der Waals surface area contributed by atoms with Crippen LogP contribution in [-0.4, -0.2) is 37.4 Å². The van der Waals surface area contributed by atoms with Gasteiger partial charge in [0, 0.05) is 26.4 Å². The first-order chi connectivity index (χ1) is 17.2. The van der Waals surface area contributed by atoms with Crippen LogP contribution in [0.15, 0.2) is 35.9 Å². The van der Waals surface area contributed by atoms with Crippen LogP contribution in [0.25, 0.3) is 6.08 Å². The number of esters is 2. The minimum atomic E-state index is -0.215. The van der Waals surface area contributed by atoms with Crippen molar-refractivity contribution in [2.24, 2.45) is 34.5 Å². The van der Waals surface area contributed by atoms with Gasteiger partial charge in [0.25, 0.3) is 0 Å². The van der Waals surface area contributed by atoms with Crippen molar-refractivity contribution in [3.63, 3.8) is 0 Å². The molecule has 4 aliphatic carbocycles. The smallest absolute Gasteiger partial charge is 0.303 e. The summed E-state index contributed by atoms with van der Waals surface area (Å²) in [4.78, 5) is 24.0. The molecule has 0 saturated heterocycles. The second-order valence-corrected chi connectivity index (χ2v) is 12.3. The summed E-state index contributed by atoms with van der Waals surface area (Å²) < 4.78 is 17.8. The normalized spacial score (nSPS) is 42.7. The average molecular weight is 495 g/mol. The third kappa shape index (κ3) is 4.21. The fourth-order valence-corrected chi connectivity index (χ4v) is 9.04. The van der Waals surface area contributed by atoms with E-state index in [1.807, 2.05) is 6.07 Å². The molecule has 0 amide bonds. The molecule has 4 aliphatic rings. The number of fused-ring (bicyclic) bond motifs is 5. The van der Waals surface area contributed by atoms with Gasteiger partial charge in [-0.05, 0) is 85.2 Å². The molecule has 9 atom stereocenters. The molecule has 0 spiro atoms. The van der Waals surface area contributed by atoms with E-state index in [0.717, 1.165) is 44.9 Å².